The second kappa shape index (κ2) is 10.8. The lowest BCUT2D eigenvalue weighted by molar-refractivity contribution is 0.672. The Hall–Kier alpha value is -5.94. The van der Waals surface area contributed by atoms with E-state index in [1.807, 2.05) is 34.8 Å². The predicted octanol–water partition coefficient (Wildman–Crippen LogP) is 14.6. The molecule has 50 heavy (non-hydrogen) atoms. The Morgan fingerprint density at radius 3 is 1.78 bits per heavy atom. The number of nitrogens with zero attached hydrogens (tertiary/aromatic N) is 1. The van der Waals surface area contributed by atoms with Gasteiger partial charge in [0.05, 0.1) is 0 Å². The largest absolute Gasteiger partial charge is 0.455 e. The van der Waals surface area contributed by atoms with E-state index in [0.717, 1.165) is 44.4 Å². The maximum atomic E-state index is 6.40. The SMILES string of the molecule is c1ccc2c(c1)oc1c3cc(-c4ccc(N(c5ccc6c(c5)sc5ccccc56)c5ccc6sc7ccccc7c6c5)cc4)ccc3ccc21. The lowest BCUT2D eigenvalue weighted by Gasteiger charge is -2.26. The van der Waals surface area contributed by atoms with Gasteiger partial charge in [0.2, 0.25) is 0 Å². The van der Waals surface area contributed by atoms with Crippen molar-refractivity contribution in [3.63, 3.8) is 0 Å². The maximum Gasteiger partial charge on any atom is 0.143 e. The molecular formula is C46H27NOS2. The van der Waals surface area contributed by atoms with Crippen LogP contribution in [0.4, 0.5) is 17.1 Å². The van der Waals surface area contributed by atoms with E-state index >= 15 is 0 Å². The van der Waals surface area contributed by atoms with Crippen LogP contribution in [0.3, 0.4) is 0 Å². The second-order valence-corrected chi connectivity index (χ2v) is 15.1. The number of fused-ring (bicyclic) bond motifs is 11. The number of hydrogen-bond acceptors (Lipinski definition) is 4. The second-order valence-electron chi connectivity index (χ2n) is 12.9. The van der Waals surface area contributed by atoms with Gasteiger partial charge in [0, 0.05) is 73.6 Å². The molecule has 0 fully saturated rings. The number of thiophene rings is 2. The molecule has 0 atom stereocenters. The highest BCUT2D eigenvalue weighted by atomic mass is 32.1. The smallest absolute Gasteiger partial charge is 0.143 e. The van der Waals surface area contributed by atoms with Crippen LogP contribution in [0, 0.1) is 0 Å². The third-order valence-electron chi connectivity index (χ3n) is 10.1. The van der Waals surface area contributed by atoms with Crippen molar-refractivity contribution in [1.29, 1.82) is 0 Å². The zero-order chi connectivity index (χ0) is 32.8. The van der Waals surface area contributed by atoms with Crippen LogP contribution < -0.4 is 4.90 Å². The third-order valence-corrected chi connectivity index (χ3v) is 12.3. The summed E-state index contributed by atoms with van der Waals surface area (Å²) in [5.41, 5.74) is 7.62. The molecule has 0 aliphatic carbocycles. The molecule has 0 saturated carbocycles. The van der Waals surface area contributed by atoms with Gasteiger partial charge in [-0.05, 0) is 89.3 Å². The lowest BCUT2D eigenvalue weighted by Crippen LogP contribution is -2.09. The van der Waals surface area contributed by atoms with Crippen molar-refractivity contribution in [3.8, 4) is 11.1 Å². The van der Waals surface area contributed by atoms with Crippen LogP contribution in [0.5, 0.6) is 0 Å². The number of hydrogen-bond donors (Lipinski definition) is 0. The summed E-state index contributed by atoms with van der Waals surface area (Å²) in [5.74, 6) is 0. The van der Waals surface area contributed by atoms with E-state index in [1.165, 1.54) is 56.9 Å². The molecule has 0 bridgehead atoms. The van der Waals surface area contributed by atoms with Crippen molar-refractivity contribution >= 4 is 113 Å². The number of anilines is 3. The number of benzene rings is 8. The molecule has 8 aromatic carbocycles. The van der Waals surface area contributed by atoms with Crippen LogP contribution in [0.25, 0.3) is 84.2 Å². The van der Waals surface area contributed by atoms with Crippen LogP contribution in [0.1, 0.15) is 0 Å². The fourth-order valence-electron chi connectivity index (χ4n) is 7.64. The van der Waals surface area contributed by atoms with Gasteiger partial charge < -0.3 is 9.32 Å². The van der Waals surface area contributed by atoms with Gasteiger partial charge in [0.25, 0.3) is 0 Å². The Morgan fingerprint density at radius 1 is 0.360 bits per heavy atom. The summed E-state index contributed by atoms with van der Waals surface area (Å²) in [6.07, 6.45) is 0. The normalized spacial score (nSPS) is 12.0. The van der Waals surface area contributed by atoms with Gasteiger partial charge in [-0.3, -0.25) is 0 Å². The highest BCUT2D eigenvalue weighted by molar-refractivity contribution is 7.26. The average Bonchev–Trinajstić information content (AvgIpc) is 3.86. The molecule has 0 aliphatic rings. The average molecular weight is 674 g/mol. The molecule has 3 aromatic heterocycles. The van der Waals surface area contributed by atoms with Gasteiger partial charge in [-0.25, -0.2) is 0 Å². The van der Waals surface area contributed by atoms with Crippen LogP contribution in [-0.4, -0.2) is 0 Å². The minimum absolute atomic E-state index is 0.923. The molecule has 11 rings (SSSR count). The molecule has 0 amide bonds. The topological polar surface area (TPSA) is 16.4 Å². The molecule has 0 saturated heterocycles. The molecule has 4 heteroatoms. The van der Waals surface area contributed by atoms with E-state index in [1.54, 1.807) is 0 Å². The fourth-order valence-corrected chi connectivity index (χ4v) is 9.86. The van der Waals surface area contributed by atoms with Crippen molar-refractivity contribution in [2.24, 2.45) is 0 Å². The monoisotopic (exact) mass is 673 g/mol. The number of furan rings is 1. The molecule has 3 heterocycles. The predicted molar refractivity (Wildman–Crippen MR) is 217 cm³/mol. The van der Waals surface area contributed by atoms with Gasteiger partial charge in [0.15, 0.2) is 0 Å². The minimum Gasteiger partial charge on any atom is -0.455 e. The highest BCUT2D eigenvalue weighted by Gasteiger charge is 2.17. The van der Waals surface area contributed by atoms with Crippen molar-refractivity contribution in [2.45, 2.75) is 0 Å². The summed E-state index contributed by atoms with van der Waals surface area (Å²) in [4.78, 5) is 2.40. The first-order valence-corrected chi connectivity index (χ1v) is 18.5. The lowest BCUT2D eigenvalue weighted by atomic mass is 9.99. The van der Waals surface area contributed by atoms with Crippen molar-refractivity contribution in [3.05, 3.63) is 164 Å². The molecule has 0 radical (unpaired) electrons. The summed E-state index contributed by atoms with van der Waals surface area (Å²) in [6, 6.07) is 59.6. The first kappa shape index (κ1) is 28.0. The van der Waals surface area contributed by atoms with Gasteiger partial charge in [-0.15, -0.1) is 22.7 Å². The van der Waals surface area contributed by atoms with Crippen molar-refractivity contribution in [1.82, 2.24) is 0 Å². The van der Waals surface area contributed by atoms with E-state index in [-0.39, 0.29) is 0 Å². The Balaban J connectivity index is 1.06. The molecular weight excluding hydrogens is 647 g/mol. The van der Waals surface area contributed by atoms with E-state index in [9.17, 15) is 0 Å². The van der Waals surface area contributed by atoms with Gasteiger partial charge in [-0.2, -0.15) is 0 Å². The first-order chi connectivity index (χ1) is 24.7. The van der Waals surface area contributed by atoms with E-state index < -0.39 is 0 Å². The molecule has 0 N–H and O–H groups in total. The molecule has 0 unspecified atom stereocenters. The summed E-state index contributed by atoms with van der Waals surface area (Å²) >= 11 is 3.72. The Bertz CT molecular complexity index is 3110. The van der Waals surface area contributed by atoms with E-state index in [2.05, 4.69) is 157 Å². The summed E-state index contributed by atoms with van der Waals surface area (Å²) in [5, 5.41) is 9.84. The fraction of sp³-hybridized carbons (Fsp3) is 0. The first-order valence-electron chi connectivity index (χ1n) is 16.8. The van der Waals surface area contributed by atoms with Crippen LogP contribution >= 0.6 is 22.7 Å². The van der Waals surface area contributed by atoms with Gasteiger partial charge >= 0.3 is 0 Å². The molecule has 11 aromatic rings. The molecule has 2 nitrogen and oxygen atoms in total. The Morgan fingerprint density at radius 2 is 0.940 bits per heavy atom. The van der Waals surface area contributed by atoms with E-state index in [4.69, 9.17) is 4.42 Å². The standard InChI is InChI=1S/C46H27NOS2/c1-4-10-41-34(7-1)38-22-17-29-13-14-30(25-39(29)46(38)48-41)28-15-18-31(19-16-28)47(32-21-24-44-40(26-32)36-9-3-6-12-43(36)49-44)33-20-23-37-35-8-2-5-11-42(35)50-45(37)27-33/h1-27H. The summed E-state index contributed by atoms with van der Waals surface area (Å²) in [6.45, 7) is 0. The Labute approximate surface area is 295 Å². The summed E-state index contributed by atoms with van der Waals surface area (Å²) in [7, 11) is 0. The highest BCUT2D eigenvalue weighted by Crippen LogP contribution is 2.44. The van der Waals surface area contributed by atoms with Crippen LogP contribution in [0.2, 0.25) is 0 Å². The zero-order valence-corrected chi connectivity index (χ0v) is 28.4. The number of rotatable bonds is 4. The van der Waals surface area contributed by atoms with Gasteiger partial charge in [-0.1, -0.05) is 91.0 Å². The van der Waals surface area contributed by atoms with Crippen molar-refractivity contribution in [2.75, 3.05) is 4.90 Å². The number of para-hydroxylation sites is 1. The van der Waals surface area contributed by atoms with Crippen molar-refractivity contribution < 1.29 is 4.42 Å². The van der Waals surface area contributed by atoms with Crippen LogP contribution in [-0.2, 0) is 0 Å². The molecule has 0 aliphatic heterocycles. The maximum absolute atomic E-state index is 6.40. The minimum atomic E-state index is 0.923. The zero-order valence-electron chi connectivity index (χ0n) is 26.8. The third kappa shape index (κ3) is 4.26. The quantitative estimate of drug-likeness (QED) is 0.185. The summed E-state index contributed by atoms with van der Waals surface area (Å²) < 4.78 is 11.6. The Kier molecular flexibility index (Phi) is 6.03. The molecule has 0 spiro atoms. The van der Waals surface area contributed by atoms with Gasteiger partial charge in [0.1, 0.15) is 11.2 Å². The molecule has 234 valence electrons. The van der Waals surface area contributed by atoms with E-state index in [0.29, 0.717) is 0 Å². The van der Waals surface area contributed by atoms with Crippen LogP contribution in [0.15, 0.2) is 168 Å².